The Morgan fingerprint density at radius 2 is 1.42 bits per heavy atom. The standard InChI is InChI=1S/C24H28N2/c1-2-13-24-25(14-7-1)15-8-16-26(24)18-23-21-11-5-3-9-19(21)17-20-10-4-6-12-22(20)23/h3-6,9-12,17,24H,1-2,7-8,13-16,18H2. The maximum Gasteiger partial charge on any atom is 0.0625 e. The number of hydrogen-bond donors (Lipinski definition) is 0. The summed E-state index contributed by atoms with van der Waals surface area (Å²) in [7, 11) is 0. The quantitative estimate of drug-likeness (QED) is 0.574. The molecule has 3 aromatic rings. The monoisotopic (exact) mass is 344 g/mol. The van der Waals surface area contributed by atoms with Crippen molar-refractivity contribution in [3.63, 3.8) is 0 Å². The number of fused-ring (bicyclic) bond motifs is 3. The third kappa shape index (κ3) is 2.91. The van der Waals surface area contributed by atoms with Gasteiger partial charge in [0.25, 0.3) is 0 Å². The van der Waals surface area contributed by atoms with Crippen molar-refractivity contribution in [3.05, 3.63) is 60.2 Å². The lowest BCUT2D eigenvalue weighted by Crippen LogP contribution is -2.52. The van der Waals surface area contributed by atoms with Crippen LogP contribution >= 0.6 is 0 Å². The number of rotatable bonds is 2. The minimum absolute atomic E-state index is 0.643. The molecule has 0 spiro atoms. The van der Waals surface area contributed by atoms with E-state index >= 15 is 0 Å². The lowest BCUT2D eigenvalue weighted by Gasteiger charge is -2.43. The van der Waals surface area contributed by atoms with Gasteiger partial charge in [-0.1, -0.05) is 61.4 Å². The van der Waals surface area contributed by atoms with Crippen LogP contribution in [-0.2, 0) is 6.54 Å². The third-order valence-corrected chi connectivity index (χ3v) is 6.39. The molecule has 2 saturated heterocycles. The summed E-state index contributed by atoms with van der Waals surface area (Å²) in [4.78, 5) is 5.52. The van der Waals surface area contributed by atoms with Crippen LogP contribution in [0.4, 0.5) is 0 Å². The summed E-state index contributed by atoms with van der Waals surface area (Å²) in [5, 5.41) is 5.60. The molecule has 1 atom stereocenters. The lowest BCUT2D eigenvalue weighted by molar-refractivity contribution is 0.000142. The molecule has 2 aliphatic heterocycles. The van der Waals surface area contributed by atoms with Crippen LogP contribution in [-0.4, -0.2) is 35.6 Å². The zero-order chi connectivity index (χ0) is 17.3. The number of benzene rings is 3. The third-order valence-electron chi connectivity index (χ3n) is 6.39. The number of nitrogens with zero attached hydrogens (tertiary/aromatic N) is 2. The molecule has 0 aliphatic carbocycles. The zero-order valence-electron chi connectivity index (χ0n) is 15.5. The Morgan fingerprint density at radius 1 is 0.731 bits per heavy atom. The van der Waals surface area contributed by atoms with E-state index in [-0.39, 0.29) is 0 Å². The number of hydrogen-bond acceptors (Lipinski definition) is 2. The Kier molecular flexibility index (Phi) is 4.40. The Labute approximate surface area is 156 Å². The summed E-state index contributed by atoms with van der Waals surface area (Å²) in [6, 6.07) is 20.2. The molecule has 0 N–H and O–H groups in total. The fraction of sp³-hybridized carbons (Fsp3) is 0.417. The molecule has 2 heteroatoms. The molecular formula is C24H28N2. The van der Waals surface area contributed by atoms with E-state index in [1.165, 1.54) is 78.8 Å². The van der Waals surface area contributed by atoms with Crippen molar-refractivity contribution in [2.24, 2.45) is 0 Å². The van der Waals surface area contributed by atoms with Crippen molar-refractivity contribution < 1.29 is 0 Å². The maximum atomic E-state index is 2.77. The smallest absolute Gasteiger partial charge is 0.0625 e. The zero-order valence-corrected chi connectivity index (χ0v) is 15.5. The predicted octanol–water partition coefficient (Wildman–Crippen LogP) is 5.40. The maximum absolute atomic E-state index is 2.77. The Morgan fingerprint density at radius 3 is 2.19 bits per heavy atom. The molecule has 0 amide bonds. The predicted molar refractivity (Wildman–Crippen MR) is 110 cm³/mol. The van der Waals surface area contributed by atoms with E-state index < -0.39 is 0 Å². The van der Waals surface area contributed by atoms with Crippen LogP contribution in [0.5, 0.6) is 0 Å². The van der Waals surface area contributed by atoms with Gasteiger partial charge < -0.3 is 0 Å². The Hall–Kier alpha value is -1.90. The minimum atomic E-state index is 0.643. The summed E-state index contributed by atoms with van der Waals surface area (Å²) >= 11 is 0. The van der Waals surface area contributed by atoms with Crippen LogP contribution in [0.2, 0.25) is 0 Å². The van der Waals surface area contributed by atoms with Crippen LogP contribution in [0.1, 0.15) is 37.7 Å². The van der Waals surface area contributed by atoms with Crippen LogP contribution in [0.3, 0.4) is 0 Å². The van der Waals surface area contributed by atoms with E-state index in [2.05, 4.69) is 64.4 Å². The van der Waals surface area contributed by atoms with Gasteiger partial charge in [-0.15, -0.1) is 0 Å². The van der Waals surface area contributed by atoms with E-state index in [0.29, 0.717) is 6.17 Å². The normalized spacial score (nSPS) is 22.4. The summed E-state index contributed by atoms with van der Waals surface area (Å²) < 4.78 is 0. The molecular weight excluding hydrogens is 316 g/mol. The molecule has 0 radical (unpaired) electrons. The van der Waals surface area contributed by atoms with Gasteiger partial charge in [0.1, 0.15) is 0 Å². The lowest BCUT2D eigenvalue weighted by atomic mass is 9.96. The molecule has 0 aromatic heterocycles. The average molecular weight is 345 g/mol. The molecule has 2 aliphatic rings. The van der Waals surface area contributed by atoms with Crippen LogP contribution in [0.25, 0.3) is 21.5 Å². The van der Waals surface area contributed by atoms with Gasteiger partial charge in [0.05, 0.1) is 6.17 Å². The van der Waals surface area contributed by atoms with E-state index in [1.54, 1.807) is 0 Å². The summed E-state index contributed by atoms with van der Waals surface area (Å²) in [6.07, 6.45) is 7.44. The molecule has 134 valence electrons. The van der Waals surface area contributed by atoms with Gasteiger partial charge in [0.2, 0.25) is 0 Å². The Balaban J connectivity index is 1.59. The first kappa shape index (κ1) is 16.3. The van der Waals surface area contributed by atoms with Gasteiger partial charge in [-0.05, 0) is 59.0 Å². The second-order valence-electron chi connectivity index (χ2n) is 7.99. The van der Waals surface area contributed by atoms with E-state index in [4.69, 9.17) is 0 Å². The molecule has 0 saturated carbocycles. The van der Waals surface area contributed by atoms with Crippen molar-refractivity contribution in [1.29, 1.82) is 0 Å². The molecule has 26 heavy (non-hydrogen) atoms. The molecule has 1 unspecified atom stereocenters. The molecule has 3 aromatic carbocycles. The van der Waals surface area contributed by atoms with Gasteiger partial charge in [-0.3, -0.25) is 9.80 Å². The SMILES string of the molecule is c1ccc2c(CN3CCCN4CCCCCC43)c3ccccc3cc2c1. The second kappa shape index (κ2) is 7.02. The highest BCUT2D eigenvalue weighted by Crippen LogP contribution is 2.32. The van der Waals surface area contributed by atoms with Crippen LogP contribution < -0.4 is 0 Å². The van der Waals surface area contributed by atoms with Gasteiger partial charge in [-0.2, -0.15) is 0 Å². The van der Waals surface area contributed by atoms with E-state index in [1.807, 2.05) is 0 Å². The topological polar surface area (TPSA) is 6.48 Å². The van der Waals surface area contributed by atoms with Crippen molar-refractivity contribution in [2.45, 2.75) is 44.8 Å². The first-order chi connectivity index (χ1) is 12.9. The van der Waals surface area contributed by atoms with Crippen molar-refractivity contribution in [1.82, 2.24) is 9.80 Å². The van der Waals surface area contributed by atoms with Crippen LogP contribution in [0, 0.1) is 0 Å². The van der Waals surface area contributed by atoms with Gasteiger partial charge >= 0.3 is 0 Å². The molecule has 2 nitrogen and oxygen atoms in total. The summed E-state index contributed by atoms with van der Waals surface area (Å²) in [5.41, 5.74) is 1.52. The van der Waals surface area contributed by atoms with Crippen molar-refractivity contribution in [2.75, 3.05) is 19.6 Å². The van der Waals surface area contributed by atoms with Gasteiger partial charge in [0.15, 0.2) is 0 Å². The average Bonchev–Trinajstić information content (AvgIpc) is 2.94. The van der Waals surface area contributed by atoms with Crippen molar-refractivity contribution >= 4 is 21.5 Å². The highest BCUT2D eigenvalue weighted by Gasteiger charge is 2.30. The second-order valence-corrected chi connectivity index (χ2v) is 7.99. The van der Waals surface area contributed by atoms with Gasteiger partial charge in [-0.25, -0.2) is 0 Å². The fourth-order valence-corrected chi connectivity index (χ4v) is 5.12. The van der Waals surface area contributed by atoms with Crippen LogP contribution in [0.15, 0.2) is 54.6 Å². The summed E-state index contributed by atoms with van der Waals surface area (Å²) in [6.45, 7) is 4.89. The first-order valence-corrected chi connectivity index (χ1v) is 10.3. The largest absolute Gasteiger partial charge is 0.288 e. The van der Waals surface area contributed by atoms with E-state index in [0.717, 1.165) is 6.54 Å². The fourth-order valence-electron chi connectivity index (χ4n) is 5.12. The highest BCUT2D eigenvalue weighted by molar-refractivity contribution is 6.02. The highest BCUT2D eigenvalue weighted by atomic mass is 15.4. The van der Waals surface area contributed by atoms with E-state index in [9.17, 15) is 0 Å². The molecule has 5 rings (SSSR count). The minimum Gasteiger partial charge on any atom is -0.288 e. The Bertz CT molecular complexity index is 862. The molecule has 2 fully saturated rings. The first-order valence-electron chi connectivity index (χ1n) is 10.3. The molecule has 2 heterocycles. The van der Waals surface area contributed by atoms with Gasteiger partial charge in [0, 0.05) is 19.6 Å². The summed E-state index contributed by atoms with van der Waals surface area (Å²) in [5.74, 6) is 0. The van der Waals surface area contributed by atoms with Crippen molar-refractivity contribution in [3.8, 4) is 0 Å². The molecule has 0 bridgehead atoms.